The molecule has 0 radical (unpaired) electrons. The Labute approximate surface area is 161 Å². The van der Waals surface area contributed by atoms with Gasteiger partial charge in [-0.3, -0.25) is 9.36 Å². The average molecular weight is 386 g/mol. The van der Waals surface area contributed by atoms with E-state index in [1.165, 1.54) is 28.8 Å². The van der Waals surface area contributed by atoms with Crippen LogP contribution in [0, 0.1) is 0 Å². The molecule has 0 saturated heterocycles. The predicted molar refractivity (Wildman–Crippen MR) is 113 cm³/mol. The van der Waals surface area contributed by atoms with Crippen LogP contribution in [0.1, 0.15) is 35.8 Å². The second-order valence-electron chi connectivity index (χ2n) is 6.63. The topological polar surface area (TPSA) is 46.9 Å². The van der Waals surface area contributed by atoms with Gasteiger partial charge in [0.15, 0.2) is 0 Å². The Balaban J connectivity index is 1.80. The molecule has 6 heteroatoms. The van der Waals surface area contributed by atoms with Crippen molar-refractivity contribution in [1.82, 2.24) is 9.55 Å². The molecule has 1 aliphatic rings. The highest BCUT2D eigenvalue weighted by atomic mass is 32.2. The van der Waals surface area contributed by atoms with Crippen molar-refractivity contribution >= 4 is 45.0 Å². The van der Waals surface area contributed by atoms with E-state index in [2.05, 4.69) is 23.7 Å². The van der Waals surface area contributed by atoms with Gasteiger partial charge in [0.2, 0.25) is 5.95 Å². The number of rotatable bonds is 5. The van der Waals surface area contributed by atoms with Gasteiger partial charge in [-0.05, 0) is 62.1 Å². The molecule has 0 atom stereocenters. The van der Waals surface area contributed by atoms with Crippen LogP contribution in [0.3, 0.4) is 0 Å². The normalized spacial score (nSPS) is 13.8. The summed E-state index contributed by atoms with van der Waals surface area (Å²) in [5, 5.41) is 4.24. The van der Waals surface area contributed by atoms with E-state index in [0.717, 1.165) is 34.5 Å². The maximum atomic E-state index is 13.2. The van der Waals surface area contributed by atoms with Gasteiger partial charge < -0.3 is 5.32 Å². The fourth-order valence-corrected chi connectivity index (χ4v) is 5.43. The predicted octanol–water partition coefficient (Wildman–Crippen LogP) is 4.96. The largest absolute Gasteiger partial charge is 0.325 e. The summed E-state index contributed by atoms with van der Waals surface area (Å²) in [5.41, 5.74) is 3.59. The molecule has 2 aromatic heterocycles. The van der Waals surface area contributed by atoms with Gasteiger partial charge >= 0.3 is 0 Å². The number of thioether (sulfide) groups is 1. The zero-order chi connectivity index (χ0) is 18.1. The standard InChI is InChI=1S/C20H23N3OS2/c1-3-23-19(24)17-15-9-4-5-10-16(15)26-18(17)22-20(23)21-14-8-6-7-13(11-14)12-25-2/h6-8,11H,3-5,9-10,12H2,1-2H3,(H,21,22). The lowest BCUT2D eigenvalue weighted by Crippen LogP contribution is -2.23. The van der Waals surface area contributed by atoms with Gasteiger partial charge in [0, 0.05) is 22.9 Å². The molecule has 26 heavy (non-hydrogen) atoms. The number of nitrogens with one attached hydrogen (secondary N) is 1. The Morgan fingerprint density at radius 3 is 2.96 bits per heavy atom. The van der Waals surface area contributed by atoms with E-state index in [9.17, 15) is 4.79 Å². The van der Waals surface area contributed by atoms with Crippen LogP contribution in [0.4, 0.5) is 11.6 Å². The van der Waals surface area contributed by atoms with Gasteiger partial charge in [0.05, 0.1) is 5.39 Å². The Bertz CT molecular complexity index is 1010. The third-order valence-electron chi connectivity index (χ3n) is 4.89. The minimum Gasteiger partial charge on any atom is -0.325 e. The third kappa shape index (κ3) is 3.16. The van der Waals surface area contributed by atoms with Crippen molar-refractivity contribution < 1.29 is 0 Å². The molecule has 1 aliphatic carbocycles. The molecule has 1 N–H and O–H groups in total. The Morgan fingerprint density at radius 2 is 2.15 bits per heavy atom. The molecule has 0 saturated carbocycles. The Hall–Kier alpha value is -1.79. The highest BCUT2D eigenvalue weighted by Crippen LogP contribution is 2.34. The number of aromatic nitrogens is 2. The number of aryl methyl sites for hydroxylation is 2. The molecule has 136 valence electrons. The van der Waals surface area contributed by atoms with Crippen LogP contribution in [-0.4, -0.2) is 15.8 Å². The molecule has 4 nitrogen and oxygen atoms in total. The smallest absolute Gasteiger partial charge is 0.263 e. The van der Waals surface area contributed by atoms with E-state index in [0.29, 0.717) is 12.5 Å². The van der Waals surface area contributed by atoms with Gasteiger partial charge in [-0.2, -0.15) is 11.8 Å². The highest BCUT2D eigenvalue weighted by molar-refractivity contribution is 7.97. The van der Waals surface area contributed by atoms with Crippen LogP contribution in [0.2, 0.25) is 0 Å². The average Bonchev–Trinajstić information content (AvgIpc) is 3.01. The number of thiophene rings is 1. The zero-order valence-electron chi connectivity index (χ0n) is 15.2. The lowest BCUT2D eigenvalue weighted by molar-refractivity contribution is 0.696. The Morgan fingerprint density at radius 1 is 1.31 bits per heavy atom. The minimum atomic E-state index is 0.0969. The maximum Gasteiger partial charge on any atom is 0.263 e. The summed E-state index contributed by atoms with van der Waals surface area (Å²) < 4.78 is 1.77. The molecule has 0 fully saturated rings. The first-order valence-corrected chi connectivity index (χ1v) is 11.3. The van der Waals surface area contributed by atoms with Crippen molar-refractivity contribution in [2.75, 3.05) is 11.6 Å². The highest BCUT2D eigenvalue weighted by Gasteiger charge is 2.21. The van der Waals surface area contributed by atoms with Crippen LogP contribution >= 0.6 is 23.1 Å². The first-order valence-electron chi connectivity index (χ1n) is 9.11. The van der Waals surface area contributed by atoms with Crippen LogP contribution in [0.15, 0.2) is 29.1 Å². The monoisotopic (exact) mass is 385 g/mol. The molecule has 0 aliphatic heterocycles. The van der Waals surface area contributed by atoms with E-state index in [-0.39, 0.29) is 5.56 Å². The summed E-state index contributed by atoms with van der Waals surface area (Å²) in [6.07, 6.45) is 6.59. The van der Waals surface area contributed by atoms with Crippen molar-refractivity contribution in [3.63, 3.8) is 0 Å². The van der Waals surface area contributed by atoms with Crippen molar-refractivity contribution in [3.05, 3.63) is 50.6 Å². The summed E-state index contributed by atoms with van der Waals surface area (Å²) in [4.78, 5) is 20.2. The van der Waals surface area contributed by atoms with Gasteiger partial charge in [-0.25, -0.2) is 4.98 Å². The van der Waals surface area contributed by atoms with Crippen LogP contribution in [0.5, 0.6) is 0 Å². The molecule has 0 unspecified atom stereocenters. The zero-order valence-corrected chi connectivity index (χ0v) is 16.8. The molecule has 0 bridgehead atoms. The third-order valence-corrected chi connectivity index (χ3v) is 6.69. The minimum absolute atomic E-state index is 0.0969. The van der Waals surface area contributed by atoms with Crippen molar-refractivity contribution in [3.8, 4) is 0 Å². The van der Waals surface area contributed by atoms with E-state index < -0.39 is 0 Å². The molecule has 3 aromatic rings. The first-order chi connectivity index (χ1) is 12.7. The van der Waals surface area contributed by atoms with E-state index in [1.54, 1.807) is 27.7 Å². The van der Waals surface area contributed by atoms with Crippen molar-refractivity contribution in [1.29, 1.82) is 0 Å². The second kappa shape index (κ2) is 7.45. The van der Waals surface area contributed by atoms with Crippen LogP contribution < -0.4 is 10.9 Å². The van der Waals surface area contributed by atoms with E-state index in [4.69, 9.17) is 4.98 Å². The number of hydrogen-bond donors (Lipinski definition) is 1. The van der Waals surface area contributed by atoms with Gasteiger partial charge in [0.25, 0.3) is 5.56 Å². The Kier molecular flexibility index (Phi) is 5.05. The number of nitrogens with zero attached hydrogens (tertiary/aromatic N) is 2. The van der Waals surface area contributed by atoms with Crippen molar-refractivity contribution in [2.45, 2.75) is 44.9 Å². The number of anilines is 2. The van der Waals surface area contributed by atoms with Crippen LogP contribution in [-0.2, 0) is 25.1 Å². The summed E-state index contributed by atoms with van der Waals surface area (Å²) in [5.74, 6) is 1.62. The van der Waals surface area contributed by atoms with Gasteiger partial charge in [-0.1, -0.05) is 12.1 Å². The quantitative estimate of drug-likeness (QED) is 0.674. The number of hydrogen-bond acceptors (Lipinski definition) is 5. The fourth-order valence-electron chi connectivity index (χ4n) is 3.66. The molecule has 4 rings (SSSR count). The molecule has 0 amide bonds. The SMILES string of the molecule is CCn1c(Nc2cccc(CSC)c2)nc2sc3c(c2c1=O)CCCC3. The summed E-state index contributed by atoms with van der Waals surface area (Å²) in [6, 6.07) is 8.33. The second-order valence-corrected chi connectivity index (χ2v) is 8.58. The lowest BCUT2D eigenvalue weighted by atomic mass is 9.97. The van der Waals surface area contributed by atoms with E-state index >= 15 is 0 Å². The van der Waals surface area contributed by atoms with Crippen molar-refractivity contribution in [2.24, 2.45) is 0 Å². The molecular weight excluding hydrogens is 362 g/mol. The molecule has 0 spiro atoms. The molecular formula is C20H23N3OS2. The number of fused-ring (bicyclic) bond motifs is 3. The lowest BCUT2D eigenvalue weighted by Gasteiger charge is -2.14. The summed E-state index contributed by atoms with van der Waals surface area (Å²) in [6.45, 7) is 2.61. The van der Waals surface area contributed by atoms with Crippen LogP contribution in [0.25, 0.3) is 10.2 Å². The van der Waals surface area contributed by atoms with E-state index in [1.807, 2.05) is 19.1 Å². The van der Waals surface area contributed by atoms with Gasteiger partial charge in [-0.15, -0.1) is 11.3 Å². The summed E-state index contributed by atoms with van der Waals surface area (Å²) in [7, 11) is 0. The summed E-state index contributed by atoms with van der Waals surface area (Å²) >= 11 is 3.50. The maximum absolute atomic E-state index is 13.2. The molecule has 2 heterocycles. The fraction of sp³-hybridized carbons (Fsp3) is 0.400. The molecule has 1 aromatic carbocycles. The first kappa shape index (κ1) is 17.6. The number of benzene rings is 1. The van der Waals surface area contributed by atoms with Gasteiger partial charge in [0.1, 0.15) is 4.83 Å².